The molecule has 0 saturated heterocycles. The van der Waals surface area contributed by atoms with Gasteiger partial charge in [-0.25, -0.2) is 4.79 Å². The van der Waals surface area contributed by atoms with Gasteiger partial charge in [0.2, 0.25) is 0 Å². The van der Waals surface area contributed by atoms with E-state index >= 15 is 0 Å². The SMILES string of the molecule is COC(=O)c1ccc2c(c1)C(c1ccccc1C(F)(F)F)CC2C. The number of benzene rings is 2. The monoisotopic (exact) mass is 334 g/mol. The number of carbonyl (C=O) groups excluding carboxylic acids is 1. The highest BCUT2D eigenvalue weighted by Crippen LogP contribution is 2.48. The molecule has 0 radical (unpaired) electrons. The third-order valence-corrected chi connectivity index (χ3v) is 4.65. The van der Waals surface area contributed by atoms with Gasteiger partial charge in [-0.1, -0.05) is 31.2 Å². The Morgan fingerprint density at radius 3 is 2.46 bits per heavy atom. The molecule has 0 fully saturated rings. The van der Waals surface area contributed by atoms with E-state index < -0.39 is 17.7 Å². The fourth-order valence-electron chi connectivity index (χ4n) is 3.53. The molecule has 2 unspecified atom stereocenters. The zero-order valence-electron chi connectivity index (χ0n) is 13.4. The molecular formula is C19H17F3O2. The van der Waals surface area contributed by atoms with E-state index in [0.29, 0.717) is 12.0 Å². The van der Waals surface area contributed by atoms with Crippen molar-refractivity contribution >= 4 is 5.97 Å². The number of alkyl halides is 3. The lowest BCUT2D eigenvalue weighted by atomic mass is 9.88. The number of hydrogen-bond acceptors (Lipinski definition) is 2. The maximum absolute atomic E-state index is 13.4. The van der Waals surface area contributed by atoms with Crippen LogP contribution < -0.4 is 0 Å². The molecule has 1 aliphatic carbocycles. The number of esters is 1. The van der Waals surface area contributed by atoms with Crippen molar-refractivity contribution in [2.75, 3.05) is 7.11 Å². The van der Waals surface area contributed by atoms with Crippen molar-refractivity contribution in [1.82, 2.24) is 0 Å². The minimum atomic E-state index is -4.40. The summed E-state index contributed by atoms with van der Waals surface area (Å²) < 4.78 is 44.8. The number of rotatable bonds is 2. The third kappa shape index (κ3) is 2.79. The lowest BCUT2D eigenvalue weighted by Gasteiger charge is -2.19. The first-order valence-corrected chi connectivity index (χ1v) is 7.71. The van der Waals surface area contributed by atoms with Crippen molar-refractivity contribution in [3.05, 3.63) is 70.3 Å². The number of methoxy groups -OCH3 is 1. The molecule has 0 aliphatic heterocycles. The van der Waals surface area contributed by atoms with Crippen molar-refractivity contribution in [3.63, 3.8) is 0 Å². The van der Waals surface area contributed by atoms with Gasteiger partial charge in [0.1, 0.15) is 0 Å². The summed E-state index contributed by atoms with van der Waals surface area (Å²) in [7, 11) is 1.29. The number of fused-ring (bicyclic) bond motifs is 1. The highest BCUT2D eigenvalue weighted by atomic mass is 19.4. The van der Waals surface area contributed by atoms with Crippen LogP contribution in [0.1, 0.15) is 57.8 Å². The Bertz CT molecular complexity index is 780. The van der Waals surface area contributed by atoms with Gasteiger partial charge >= 0.3 is 12.1 Å². The summed E-state index contributed by atoms with van der Waals surface area (Å²) in [5.41, 5.74) is 1.78. The maximum atomic E-state index is 13.4. The van der Waals surface area contributed by atoms with Gasteiger partial charge in [0, 0.05) is 5.92 Å². The van der Waals surface area contributed by atoms with Gasteiger partial charge in [0.15, 0.2) is 0 Å². The van der Waals surface area contributed by atoms with Crippen molar-refractivity contribution in [1.29, 1.82) is 0 Å². The molecule has 0 saturated carbocycles. The molecule has 1 aliphatic rings. The van der Waals surface area contributed by atoms with Crippen LogP contribution in [0, 0.1) is 0 Å². The predicted octanol–water partition coefficient (Wildman–Crippen LogP) is 5.13. The Labute approximate surface area is 138 Å². The van der Waals surface area contributed by atoms with E-state index in [0.717, 1.165) is 17.2 Å². The first-order chi connectivity index (χ1) is 11.3. The summed E-state index contributed by atoms with van der Waals surface area (Å²) in [4.78, 5) is 11.8. The number of carbonyl (C=O) groups is 1. The topological polar surface area (TPSA) is 26.3 Å². The molecule has 126 valence electrons. The van der Waals surface area contributed by atoms with Gasteiger partial charge in [-0.05, 0) is 47.2 Å². The molecule has 0 spiro atoms. The van der Waals surface area contributed by atoms with Crippen molar-refractivity contribution < 1.29 is 22.7 Å². The smallest absolute Gasteiger partial charge is 0.416 e. The van der Waals surface area contributed by atoms with Crippen LogP contribution in [0.5, 0.6) is 0 Å². The number of ether oxygens (including phenoxy) is 1. The van der Waals surface area contributed by atoms with Crippen molar-refractivity contribution in [2.45, 2.75) is 31.4 Å². The highest BCUT2D eigenvalue weighted by Gasteiger charge is 2.38. The average molecular weight is 334 g/mol. The molecule has 0 heterocycles. The lowest BCUT2D eigenvalue weighted by molar-refractivity contribution is -0.138. The van der Waals surface area contributed by atoms with Gasteiger partial charge in [0.25, 0.3) is 0 Å². The molecule has 0 N–H and O–H groups in total. The molecule has 2 aromatic carbocycles. The predicted molar refractivity (Wildman–Crippen MR) is 84.1 cm³/mol. The van der Waals surface area contributed by atoms with Crippen molar-refractivity contribution in [3.8, 4) is 0 Å². The molecular weight excluding hydrogens is 317 g/mol. The fraction of sp³-hybridized carbons (Fsp3) is 0.316. The van der Waals surface area contributed by atoms with Crippen LogP contribution in [0.15, 0.2) is 42.5 Å². The van der Waals surface area contributed by atoms with Crippen LogP contribution in [0.25, 0.3) is 0 Å². The second kappa shape index (κ2) is 5.96. The Morgan fingerprint density at radius 1 is 1.08 bits per heavy atom. The van der Waals surface area contributed by atoms with E-state index in [2.05, 4.69) is 0 Å². The maximum Gasteiger partial charge on any atom is 0.416 e. The number of halogens is 3. The summed E-state index contributed by atoms with van der Waals surface area (Å²) in [5, 5.41) is 0. The Morgan fingerprint density at radius 2 is 1.79 bits per heavy atom. The number of hydrogen-bond donors (Lipinski definition) is 0. The van der Waals surface area contributed by atoms with Crippen LogP contribution in [0.3, 0.4) is 0 Å². The lowest BCUT2D eigenvalue weighted by Crippen LogP contribution is -2.12. The van der Waals surface area contributed by atoms with E-state index in [4.69, 9.17) is 4.74 Å². The zero-order valence-corrected chi connectivity index (χ0v) is 13.4. The quantitative estimate of drug-likeness (QED) is 0.712. The summed E-state index contributed by atoms with van der Waals surface area (Å²) in [5.74, 6) is -0.726. The van der Waals surface area contributed by atoms with Gasteiger partial charge in [-0.2, -0.15) is 13.2 Å². The molecule has 2 aromatic rings. The minimum Gasteiger partial charge on any atom is -0.465 e. The molecule has 0 bridgehead atoms. The van der Waals surface area contributed by atoms with Gasteiger partial charge in [-0.3, -0.25) is 0 Å². The summed E-state index contributed by atoms with van der Waals surface area (Å²) in [6, 6.07) is 10.8. The molecule has 0 amide bonds. The van der Waals surface area contributed by atoms with E-state index in [-0.39, 0.29) is 17.4 Å². The van der Waals surface area contributed by atoms with Crippen LogP contribution >= 0.6 is 0 Å². The fourth-order valence-corrected chi connectivity index (χ4v) is 3.53. The molecule has 0 aromatic heterocycles. The molecule has 24 heavy (non-hydrogen) atoms. The van der Waals surface area contributed by atoms with Crippen LogP contribution in [0.4, 0.5) is 13.2 Å². The first-order valence-electron chi connectivity index (χ1n) is 7.71. The van der Waals surface area contributed by atoms with Crippen LogP contribution in [0.2, 0.25) is 0 Å². The van der Waals surface area contributed by atoms with E-state index in [9.17, 15) is 18.0 Å². The summed E-state index contributed by atoms with van der Waals surface area (Å²) in [6.07, 6.45) is -3.81. The Balaban J connectivity index is 2.13. The van der Waals surface area contributed by atoms with Gasteiger partial charge in [0.05, 0.1) is 18.2 Å². The van der Waals surface area contributed by atoms with E-state index in [1.807, 2.05) is 13.0 Å². The standard InChI is InChI=1S/C19H17F3O2/c1-11-9-15(14-5-3-4-6-17(14)19(20,21)22)16-10-12(18(23)24-2)7-8-13(11)16/h3-8,10-11,15H,9H2,1-2H3. The summed E-state index contributed by atoms with van der Waals surface area (Å²) >= 11 is 0. The summed E-state index contributed by atoms with van der Waals surface area (Å²) in [6.45, 7) is 1.99. The van der Waals surface area contributed by atoms with E-state index in [1.165, 1.54) is 19.2 Å². The van der Waals surface area contributed by atoms with Gasteiger partial charge in [-0.15, -0.1) is 0 Å². The first kappa shape index (κ1) is 16.6. The Kier molecular flexibility index (Phi) is 4.11. The van der Waals surface area contributed by atoms with Gasteiger partial charge < -0.3 is 4.74 Å². The highest BCUT2D eigenvalue weighted by molar-refractivity contribution is 5.89. The molecule has 3 rings (SSSR count). The molecule has 2 atom stereocenters. The second-order valence-electron chi connectivity index (χ2n) is 6.11. The molecule has 5 heteroatoms. The van der Waals surface area contributed by atoms with Crippen LogP contribution in [-0.4, -0.2) is 13.1 Å². The van der Waals surface area contributed by atoms with E-state index in [1.54, 1.807) is 18.2 Å². The van der Waals surface area contributed by atoms with Crippen molar-refractivity contribution in [2.24, 2.45) is 0 Å². The molecule has 2 nitrogen and oxygen atoms in total. The zero-order chi connectivity index (χ0) is 17.5. The Hall–Kier alpha value is -2.30. The third-order valence-electron chi connectivity index (χ3n) is 4.65. The second-order valence-corrected chi connectivity index (χ2v) is 6.11. The normalized spacial score (nSPS) is 19.9. The van der Waals surface area contributed by atoms with Crippen LogP contribution in [-0.2, 0) is 10.9 Å². The minimum absolute atomic E-state index is 0.137. The largest absolute Gasteiger partial charge is 0.465 e. The average Bonchev–Trinajstić information content (AvgIpc) is 2.89.